The zero-order chi connectivity index (χ0) is 21.3. The van der Waals surface area contributed by atoms with Gasteiger partial charge in [-0.15, -0.1) is 0 Å². The van der Waals surface area contributed by atoms with Gasteiger partial charge in [0.1, 0.15) is 5.76 Å². The van der Waals surface area contributed by atoms with E-state index < -0.39 is 17.7 Å². The van der Waals surface area contributed by atoms with E-state index in [1.807, 2.05) is 19.0 Å². The standard InChI is InChI=1S/C21H25ClN4O3/c1-12-16(13(2)24-23-12)19(27)17-18(14-6-8-15(22)9-7-14)26(21(29)20(17)28)11-5-10-25(3)4/h6-9,18,27H,5,10-11H2,1-4H3,(H,23,24)/t18-/m0/s1. The molecule has 154 valence electrons. The Labute approximate surface area is 175 Å². The van der Waals surface area contributed by atoms with Gasteiger partial charge in [0, 0.05) is 17.3 Å². The van der Waals surface area contributed by atoms with Crippen molar-refractivity contribution in [3.8, 4) is 0 Å². The number of nitrogens with one attached hydrogen (secondary N) is 1. The van der Waals surface area contributed by atoms with E-state index >= 15 is 0 Å². The molecule has 1 aromatic heterocycles. The average molecular weight is 417 g/mol. The number of benzene rings is 1. The number of carbonyl (C=O) groups excluding carboxylic acids is 2. The van der Waals surface area contributed by atoms with Crippen LogP contribution in [0.2, 0.25) is 5.02 Å². The Hall–Kier alpha value is -2.64. The van der Waals surface area contributed by atoms with Crippen LogP contribution in [0.5, 0.6) is 0 Å². The van der Waals surface area contributed by atoms with Crippen LogP contribution < -0.4 is 0 Å². The van der Waals surface area contributed by atoms with Crippen molar-refractivity contribution in [1.29, 1.82) is 0 Å². The van der Waals surface area contributed by atoms with Crippen LogP contribution in [-0.2, 0) is 9.59 Å². The number of amides is 1. The van der Waals surface area contributed by atoms with Crippen molar-refractivity contribution >= 4 is 29.1 Å². The van der Waals surface area contributed by atoms with Gasteiger partial charge in [-0.3, -0.25) is 14.7 Å². The van der Waals surface area contributed by atoms with E-state index in [-0.39, 0.29) is 11.3 Å². The number of hydrogen-bond donors (Lipinski definition) is 2. The largest absolute Gasteiger partial charge is 0.507 e. The molecule has 2 N–H and O–H groups in total. The highest BCUT2D eigenvalue weighted by atomic mass is 35.5. The Morgan fingerprint density at radius 3 is 2.45 bits per heavy atom. The van der Waals surface area contributed by atoms with Gasteiger partial charge in [-0.2, -0.15) is 5.10 Å². The van der Waals surface area contributed by atoms with Crippen LogP contribution >= 0.6 is 11.6 Å². The number of aliphatic hydroxyl groups is 1. The lowest BCUT2D eigenvalue weighted by Crippen LogP contribution is -2.32. The number of rotatable bonds is 6. The van der Waals surface area contributed by atoms with Gasteiger partial charge in [-0.05, 0) is 58.6 Å². The summed E-state index contributed by atoms with van der Waals surface area (Å²) in [4.78, 5) is 29.4. The smallest absolute Gasteiger partial charge is 0.295 e. The van der Waals surface area contributed by atoms with Gasteiger partial charge in [0.15, 0.2) is 0 Å². The molecular formula is C21H25ClN4O3. The minimum Gasteiger partial charge on any atom is -0.507 e. The maximum absolute atomic E-state index is 12.9. The number of aromatic nitrogens is 2. The van der Waals surface area contributed by atoms with Crippen LogP contribution in [0.3, 0.4) is 0 Å². The summed E-state index contributed by atoms with van der Waals surface area (Å²) < 4.78 is 0. The Balaban J connectivity index is 2.12. The van der Waals surface area contributed by atoms with E-state index in [4.69, 9.17) is 11.6 Å². The molecule has 0 spiro atoms. The molecule has 1 amide bonds. The third-order valence-corrected chi connectivity index (χ3v) is 5.35. The number of aliphatic hydroxyl groups excluding tert-OH is 1. The van der Waals surface area contributed by atoms with E-state index in [0.29, 0.717) is 34.9 Å². The summed E-state index contributed by atoms with van der Waals surface area (Å²) in [5.74, 6) is -1.50. The molecule has 0 radical (unpaired) electrons. The zero-order valence-corrected chi connectivity index (χ0v) is 17.7. The van der Waals surface area contributed by atoms with Crippen molar-refractivity contribution in [2.24, 2.45) is 0 Å². The minimum absolute atomic E-state index is 0.0785. The second-order valence-electron chi connectivity index (χ2n) is 7.51. The molecule has 29 heavy (non-hydrogen) atoms. The van der Waals surface area contributed by atoms with E-state index in [1.54, 1.807) is 38.1 Å². The number of hydrogen-bond acceptors (Lipinski definition) is 5. The van der Waals surface area contributed by atoms with Crippen LogP contribution in [0.1, 0.15) is 35.0 Å². The van der Waals surface area contributed by atoms with Crippen molar-refractivity contribution in [2.75, 3.05) is 27.2 Å². The summed E-state index contributed by atoms with van der Waals surface area (Å²) in [6.45, 7) is 4.68. The molecule has 1 aliphatic rings. The predicted molar refractivity (Wildman–Crippen MR) is 112 cm³/mol. The summed E-state index contributed by atoms with van der Waals surface area (Å²) in [6.07, 6.45) is 0.702. The molecule has 1 aliphatic heterocycles. The van der Waals surface area contributed by atoms with Crippen molar-refractivity contribution in [3.63, 3.8) is 0 Å². The molecule has 1 fully saturated rings. The molecule has 2 heterocycles. The summed E-state index contributed by atoms with van der Waals surface area (Å²) in [5.41, 5.74) is 2.45. The summed E-state index contributed by atoms with van der Waals surface area (Å²) in [6, 6.07) is 6.31. The van der Waals surface area contributed by atoms with Crippen molar-refractivity contribution in [3.05, 3.63) is 57.4 Å². The minimum atomic E-state index is -0.688. The van der Waals surface area contributed by atoms with Gasteiger partial charge in [0.25, 0.3) is 11.7 Å². The van der Waals surface area contributed by atoms with Crippen LogP contribution in [-0.4, -0.2) is 64.0 Å². The lowest BCUT2D eigenvalue weighted by atomic mass is 9.94. The Morgan fingerprint density at radius 1 is 1.24 bits per heavy atom. The quantitative estimate of drug-likeness (QED) is 0.429. The molecule has 1 saturated heterocycles. The summed E-state index contributed by atoms with van der Waals surface area (Å²) >= 11 is 6.03. The highest BCUT2D eigenvalue weighted by Gasteiger charge is 2.46. The molecule has 8 heteroatoms. The number of aryl methyl sites for hydroxylation is 2. The van der Waals surface area contributed by atoms with Crippen molar-refractivity contribution in [1.82, 2.24) is 20.0 Å². The monoisotopic (exact) mass is 416 g/mol. The first-order valence-corrected chi connectivity index (χ1v) is 9.80. The molecule has 1 atom stereocenters. The first-order chi connectivity index (χ1) is 13.7. The number of aromatic amines is 1. The number of ketones is 1. The first-order valence-electron chi connectivity index (χ1n) is 9.43. The fourth-order valence-electron chi connectivity index (χ4n) is 3.69. The number of carbonyl (C=O) groups is 2. The number of H-pyrrole nitrogens is 1. The third-order valence-electron chi connectivity index (χ3n) is 5.09. The SMILES string of the molecule is Cc1n[nH]c(C)c1C(O)=C1C(=O)C(=O)N(CCCN(C)C)[C@H]1c1ccc(Cl)cc1. The number of likely N-dealkylation sites (tertiary alicyclic amines) is 1. The fourth-order valence-corrected chi connectivity index (χ4v) is 3.82. The maximum atomic E-state index is 12.9. The van der Waals surface area contributed by atoms with Gasteiger partial charge in [-0.1, -0.05) is 23.7 Å². The van der Waals surface area contributed by atoms with Crippen LogP contribution in [0.4, 0.5) is 0 Å². The number of halogens is 1. The summed E-state index contributed by atoms with van der Waals surface area (Å²) in [7, 11) is 3.91. The van der Waals surface area contributed by atoms with Gasteiger partial charge in [0.05, 0.1) is 22.9 Å². The van der Waals surface area contributed by atoms with Crippen LogP contribution in [0, 0.1) is 13.8 Å². The molecule has 0 bridgehead atoms. The zero-order valence-electron chi connectivity index (χ0n) is 17.0. The van der Waals surface area contributed by atoms with Gasteiger partial charge in [-0.25, -0.2) is 0 Å². The lowest BCUT2D eigenvalue weighted by Gasteiger charge is -2.26. The topological polar surface area (TPSA) is 89.5 Å². The Bertz CT molecular complexity index is 943. The van der Waals surface area contributed by atoms with E-state index in [9.17, 15) is 14.7 Å². The normalized spacial score (nSPS) is 18.8. The highest BCUT2D eigenvalue weighted by Crippen LogP contribution is 2.40. The molecule has 1 aromatic carbocycles. The van der Waals surface area contributed by atoms with E-state index in [2.05, 4.69) is 10.2 Å². The van der Waals surface area contributed by atoms with E-state index in [0.717, 1.165) is 12.1 Å². The van der Waals surface area contributed by atoms with Gasteiger partial charge < -0.3 is 14.9 Å². The molecule has 0 saturated carbocycles. The predicted octanol–water partition coefficient (Wildman–Crippen LogP) is 3.05. The van der Waals surface area contributed by atoms with Crippen molar-refractivity contribution < 1.29 is 14.7 Å². The lowest BCUT2D eigenvalue weighted by molar-refractivity contribution is -0.139. The number of Topliss-reactive ketones (excluding diaryl/α,β-unsaturated/α-hetero) is 1. The maximum Gasteiger partial charge on any atom is 0.295 e. The molecule has 0 unspecified atom stereocenters. The van der Waals surface area contributed by atoms with Gasteiger partial charge >= 0.3 is 0 Å². The molecule has 2 aromatic rings. The number of nitrogens with zero attached hydrogens (tertiary/aromatic N) is 3. The Kier molecular flexibility index (Phi) is 6.10. The highest BCUT2D eigenvalue weighted by molar-refractivity contribution is 6.46. The van der Waals surface area contributed by atoms with Crippen molar-refractivity contribution in [2.45, 2.75) is 26.3 Å². The first kappa shape index (κ1) is 21.1. The van der Waals surface area contributed by atoms with Crippen LogP contribution in [0.15, 0.2) is 29.8 Å². The van der Waals surface area contributed by atoms with Gasteiger partial charge in [0.2, 0.25) is 0 Å². The Morgan fingerprint density at radius 2 is 1.90 bits per heavy atom. The fraction of sp³-hybridized carbons (Fsp3) is 0.381. The molecule has 3 rings (SSSR count). The molecular weight excluding hydrogens is 392 g/mol. The third kappa shape index (κ3) is 4.06. The average Bonchev–Trinajstić information content (AvgIpc) is 3.13. The summed E-state index contributed by atoms with van der Waals surface area (Å²) in [5, 5.41) is 18.5. The van der Waals surface area contributed by atoms with Crippen LogP contribution in [0.25, 0.3) is 5.76 Å². The molecule has 7 nitrogen and oxygen atoms in total. The second-order valence-corrected chi connectivity index (χ2v) is 7.95. The van der Waals surface area contributed by atoms with E-state index in [1.165, 1.54) is 4.90 Å². The molecule has 0 aliphatic carbocycles. The second kappa shape index (κ2) is 8.39.